The van der Waals surface area contributed by atoms with E-state index >= 15 is 0 Å². The topological polar surface area (TPSA) is 55.8 Å². The van der Waals surface area contributed by atoms with Crippen molar-refractivity contribution in [3.05, 3.63) is 60.2 Å². The smallest absolute Gasteiger partial charge is 0.259 e. The third-order valence-electron chi connectivity index (χ3n) is 3.85. The summed E-state index contributed by atoms with van der Waals surface area (Å²) in [5.41, 5.74) is 1.63. The van der Waals surface area contributed by atoms with Gasteiger partial charge in [-0.2, -0.15) is 0 Å². The highest BCUT2D eigenvalue weighted by atomic mass is 16.5. The Kier molecular flexibility index (Phi) is 4.39. The molecule has 1 aliphatic rings. The molecule has 0 N–H and O–H groups in total. The van der Waals surface area contributed by atoms with Gasteiger partial charge >= 0.3 is 0 Å². The summed E-state index contributed by atoms with van der Waals surface area (Å²) >= 11 is 0. The number of methoxy groups -OCH3 is 1. The number of carbonyl (C=O) groups is 2. The van der Waals surface area contributed by atoms with Gasteiger partial charge < -0.3 is 14.3 Å². The van der Waals surface area contributed by atoms with Gasteiger partial charge in [-0.1, -0.05) is 30.3 Å². The molecule has 0 bridgehead atoms. The summed E-state index contributed by atoms with van der Waals surface area (Å²) in [4.78, 5) is 25.1. The molecule has 23 heavy (non-hydrogen) atoms. The molecule has 1 saturated heterocycles. The maximum atomic E-state index is 12.3. The fourth-order valence-corrected chi connectivity index (χ4v) is 2.59. The molecule has 5 heteroatoms. The van der Waals surface area contributed by atoms with Crippen LogP contribution in [-0.2, 0) is 20.9 Å². The second kappa shape index (κ2) is 6.62. The van der Waals surface area contributed by atoms with Crippen LogP contribution in [0.3, 0.4) is 0 Å². The summed E-state index contributed by atoms with van der Waals surface area (Å²) in [5, 5.41) is 0. The number of anilines is 1. The first kappa shape index (κ1) is 15.2. The van der Waals surface area contributed by atoms with E-state index in [4.69, 9.17) is 9.47 Å². The third kappa shape index (κ3) is 2.96. The molecule has 0 saturated carbocycles. The third-order valence-corrected chi connectivity index (χ3v) is 3.85. The van der Waals surface area contributed by atoms with E-state index in [1.807, 2.05) is 30.3 Å². The second-order valence-electron chi connectivity index (χ2n) is 5.25. The van der Waals surface area contributed by atoms with Crippen LogP contribution in [0.2, 0.25) is 0 Å². The Labute approximate surface area is 134 Å². The number of nitrogens with zero attached hydrogens (tertiary/aromatic N) is 1. The number of hydrogen-bond donors (Lipinski definition) is 0. The van der Waals surface area contributed by atoms with Crippen molar-refractivity contribution in [2.24, 2.45) is 0 Å². The Morgan fingerprint density at radius 3 is 2.39 bits per heavy atom. The lowest BCUT2D eigenvalue weighted by Gasteiger charge is -2.43. The summed E-state index contributed by atoms with van der Waals surface area (Å²) in [5.74, 6) is 0.490. The van der Waals surface area contributed by atoms with E-state index in [2.05, 4.69) is 0 Å². The van der Waals surface area contributed by atoms with Crippen LogP contribution >= 0.6 is 0 Å². The Hall–Kier alpha value is -2.66. The first-order valence-corrected chi connectivity index (χ1v) is 7.32. The molecule has 0 aromatic heterocycles. The fraction of sp³-hybridized carbons (Fsp3) is 0.222. The summed E-state index contributed by atoms with van der Waals surface area (Å²) in [6, 6.07) is 16.0. The highest BCUT2D eigenvalue weighted by molar-refractivity contribution is 6.10. The van der Waals surface area contributed by atoms with E-state index in [0.717, 1.165) is 11.8 Å². The number of ether oxygens (including phenoxy) is 2. The van der Waals surface area contributed by atoms with Crippen molar-refractivity contribution in [2.45, 2.75) is 18.8 Å². The Morgan fingerprint density at radius 1 is 1.09 bits per heavy atom. The predicted molar refractivity (Wildman–Crippen MR) is 85.4 cm³/mol. The quantitative estimate of drug-likeness (QED) is 0.606. The lowest BCUT2D eigenvalue weighted by atomic mass is 9.97. The van der Waals surface area contributed by atoms with Gasteiger partial charge in [0, 0.05) is 5.69 Å². The van der Waals surface area contributed by atoms with Crippen LogP contribution in [0.15, 0.2) is 54.6 Å². The predicted octanol–water partition coefficient (Wildman–Crippen LogP) is 2.19. The highest BCUT2D eigenvalue weighted by Crippen LogP contribution is 2.30. The van der Waals surface area contributed by atoms with Crippen LogP contribution in [0.5, 0.6) is 5.75 Å². The molecular weight excluding hydrogens is 294 g/mol. The number of hydrogen-bond acceptors (Lipinski definition) is 4. The Balaban J connectivity index is 1.68. The minimum atomic E-state index is -0.727. The van der Waals surface area contributed by atoms with Crippen LogP contribution in [0.1, 0.15) is 5.56 Å². The van der Waals surface area contributed by atoms with E-state index in [1.165, 1.54) is 4.90 Å². The van der Waals surface area contributed by atoms with Gasteiger partial charge in [0.1, 0.15) is 18.1 Å². The van der Waals surface area contributed by atoms with Gasteiger partial charge in [-0.15, -0.1) is 0 Å². The van der Waals surface area contributed by atoms with E-state index in [-0.39, 0.29) is 5.91 Å². The molecule has 1 amide bonds. The largest absolute Gasteiger partial charge is 0.497 e. The average molecular weight is 311 g/mol. The Bertz CT molecular complexity index is 684. The zero-order chi connectivity index (χ0) is 16.2. The average Bonchev–Trinajstić information content (AvgIpc) is 2.61. The van der Waals surface area contributed by atoms with Gasteiger partial charge in [-0.3, -0.25) is 9.69 Å². The monoisotopic (exact) mass is 311 g/mol. The molecule has 2 aromatic carbocycles. The normalized spacial score (nSPS) is 20.0. The lowest BCUT2D eigenvalue weighted by Crippen LogP contribution is -2.66. The van der Waals surface area contributed by atoms with Gasteiger partial charge in [0.15, 0.2) is 6.10 Å². The number of β-lactam (4-membered cyclic amide) rings is 1. The molecule has 1 fully saturated rings. The van der Waals surface area contributed by atoms with Crippen molar-refractivity contribution in [3.8, 4) is 5.75 Å². The Morgan fingerprint density at radius 2 is 1.78 bits per heavy atom. The van der Waals surface area contributed by atoms with Gasteiger partial charge in [0.25, 0.3) is 5.91 Å². The molecule has 2 atom stereocenters. The zero-order valence-corrected chi connectivity index (χ0v) is 12.7. The first-order chi connectivity index (χ1) is 11.2. The number of benzene rings is 2. The molecule has 0 radical (unpaired) electrons. The summed E-state index contributed by atoms with van der Waals surface area (Å²) in [6.45, 7) is 0.304. The van der Waals surface area contributed by atoms with Crippen molar-refractivity contribution < 1.29 is 19.1 Å². The van der Waals surface area contributed by atoms with Crippen LogP contribution in [0.4, 0.5) is 5.69 Å². The molecule has 3 rings (SSSR count). The summed E-state index contributed by atoms with van der Waals surface area (Å²) < 4.78 is 10.7. The first-order valence-electron chi connectivity index (χ1n) is 7.32. The van der Waals surface area contributed by atoms with E-state index in [1.54, 1.807) is 31.4 Å². The van der Waals surface area contributed by atoms with E-state index in [9.17, 15) is 9.59 Å². The van der Waals surface area contributed by atoms with Crippen molar-refractivity contribution in [2.75, 3.05) is 12.0 Å². The number of amides is 1. The standard InChI is InChI=1S/C18H17NO4/c1-22-15-9-7-14(8-10-15)19-16(11-20)17(18(19)21)23-12-13-5-3-2-4-6-13/h2-11,16-17H,12H2,1H3/t16-,17-/m1/s1. The van der Waals surface area contributed by atoms with Crippen molar-refractivity contribution in [1.82, 2.24) is 0 Å². The number of rotatable bonds is 6. The lowest BCUT2D eigenvalue weighted by molar-refractivity contribution is -0.146. The van der Waals surface area contributed by atoms with Gasteiger partial charge in [-0.05, 0) is 29.8 Å². The molecule has 1 aliphatic heterocycles. The van der Waals surface area contributed by atoms with Gasteiger partial charge in [-0.25, -0.2) is 0 Å². The molecule has 1 heterocycles. The van der Waals surface area contributed by atoms with Crippen LogP contribution in [-0.4, -0.2) is 31.4 Å². The fourth-order valence-electron chi connectivity index (χ4n) is 2.59. The highest BCUT2D eigenvalue weighted by Gasteiger charge is 2.49. The second-order valence-corrected chi connectivity index (χ2v) is 5.25. The van der Waals surface area contributed by atoms with Crippen molar-refractivity contribution >= 4 is 17.9 Å². The van der Waals surface area contributed by atoms with Gasteiger partial charge in [0.2, 0.25) is 0 Å². The van der Waals surface area contributed by atoms with E-state index < -0.39 is 12.1 Å². The molecule has 0 unspecified atom stereocenters. The zero-order valence-electron chi connectivity index (χ0n) is 12.7. The summed E-state index contributed by atoms with van der Waals surface area (Å²) in [7, 11) is 1.57. The molecular formula is C18H17NO4. The van der Waals surface area contributed by atoms with Gasteiger partial charge in [0.05, 0.1) is 13.7 Å². The van der Waals surface area contributed by atoms with E-state index in [0.29, 0.717) is 18.0 Å². The molecule has 0 spiro atoms. The minimum Gasteiger partial charge on any atom is -0.497 e. The van der Waals surface area contributed by atoms with Crippen molar-refractivity contribution in [1.29, 1.82) is 0 Å². The number of aldehydes is 1. The van der Waals surface area contributed by atoms with Crippen LogP contribution in [0, 0.1) is 0 Å². The molecule has 2 aromatic rings. The van der Waals surface area contributed by atoms with Crippen LogP contribution in [0.25, 0.3) is 0 Å². The van der Waals surface area contributed by atoms with Crippen LogP contribution < -0.4 is 9.64 Å². The summed E-state index contributed by atoms with van der Waals surface area (Å²) in [6.07, 6.45) is 0.0243. The maximum absolute atomic E-state index is 12.3. The molecule has 5 nitrogen and oxygen atoms in total. The minimum absolute atomic E-state index is 0.205. The number of carbonyl (C=O) groups excluding carboxylic acids is 2. The SMILES string of the molecule is COc1ccc(N2C(=O)[C@H](OCc3ccccc3)[C@H]2C=O)cc1. The molecule has 118 valence electrons. The molecule has 0 aliphatic carbocycles. The van der Waals surface area contributed by atoms with Crippen molar-refractivity contribution in [3.63, 3.8) is 0 Å². The maximum Gasteiger partial charge on any atom is 0.259 e.